The summed E-state index contributed by atoms with van der Waals surface area (Å²) in [7, 11) is 2.61. The Bertz CT molecular complexity index is 412. The van der Waals surface area contributed by atoms with E-state index in [-0.39, 0.29) is 5.82 Å². The smallest absolute Gasteiger partial charge is 0.125 e. The number of hydrogen-bond acceptors (Lipinski definition) is 2. The Hall–Kier alpha value is -0.530. The molecular weight excluding hydrogens is 192 g/mol. The van der Waals surface area contributed by atoms with Gasteiger partial charge in [0.2, 0.25) is 0 Å². The van der Waals surface area contributed by atoms with E-state index in [1.54, 1.807) is 17.4 Å². The van der Waals surface area contributed by atoms with E-state index in [4.69, 9.17) is 0 Å². The van der Waals surface area contributed by atoms with Gasteiger partial charge in [0.25, 0.3) is 0 Å². The van der Waals surface area contributed by atoms with Gasteiger partial charge in [-0.05, 0) is 12.1 Å². The summed E-state index contributed by atoms with van der Waals surface area (Å²) in [6.45, 7) is 0. The van der Waals surface area contributed by atoms with Gasteiger partial charge in [-0.15, -0.1) is 20.6 Å². The topological polar surface area (TPSA) is 12.9 Å². The molecule has 0 spiro atoms. The summed E-state index contributed by atoms with van der Waals surface area (Å²) in [4.78, 5) is 4.25. The number of nitrogens with zero attached hydrogens (tertiary/aromatic N) is 1. The molecule has 1 unspecified atom stereocenters. The third-order valence-corrected chi connectivity index (χ3v) is 3.31. The number of thiazole rings is 1. The van der Waals surface area contributed by atoms with Gasteiger partial charge in [0.1, 0.15) is 5.82 Å². The zero-order chi connectivity index (χ0) is 8.55. The van der Waals surface area contributed by atoms with Crippen molar-refractivity contribution in [2.45, 2.75) is 6.16 Å². The summed E-state index contributed by atoms with van der Waals surface area (Å²) < 4.78 is 13.8. The van der Waals surface area contributed by atoms with Crippen molar-refractivity contribution in [3.05, 3.63) is 29.0 Å². The van der Waals surface area contributed by atoms with Crippen LogP contribution in [0.1, 0.15) is 5.01 Å². The maximum absolute atomic E-state index is 12.7. The number of hydrogen-bond donors (Lipinski definition) is 0. The van der Waals surface area contributed by atoms with E-state index in [1.807, 2.05) is 0 Å². The maximum Gasteiger partial charge on any atom is 0.125 e. The van der Waals surface area contributed by atoms with Crippen LogP contribution < -0.4 is 0 Å². The summed E-state index contributed by atoms with van der Waals surface area (Å²) >= 11 is 1.61. The van der Waals surface area contributed by atoms with Gasteiger partial charge in [-0.1, -0.05) is 0 Å². The average Bonchev–Trinajstić information content (AvgIpc) is 2.46. The van der Waals surface area contributed by atoms with Crippen molar-refractivity contribution >= 4 is 30.8 Å². The minimum absolute atomic E-state index is 0.219. The number of benzene rings is 1. The molecule has 0 saturated carbocycles. The van der Waals surface area contributed by atoms with Gasteiger partial charge in [0.05, 0.1) is 15.2 Å². The molecule has 0 aliphatic heterocycles. The molecule has 12 heavy (non-hydrogen) atoms. The lowest BCUT2D eigenvalue weighted by atomic mass is 10.3. The molecule has 0 radical (unpaired) electrons. The van der Waals surface area contributed by atoms with Gasteiger partial charge in [-0.25, -0.2) is 9.37 Å². The molecule has 1 aromatic carbocycles. The van der Waals surface area contributed by atoms with E-state index < -0.39 is 0 Å². The number of rotatable bonds is 1. The molecule has 62 valence electrons. The Labute approximate surface area is 75.8 Å². The van der Waals surface area contributed by atoms with Crippen molar-refractivity contribution in [1.29, 1.82) is 0 Å². The Morgan fingerprint density at radius 1 is 1.50 bits per heavy atom. The van der Waals surface area contributed by atoms with Crippen LogP contribution in [0.5, 0.6) is 0 Å². The fourth-order valence-corrected chi connectivity index (χ4v) is 2.20. The van der Waals surface area contributed by atoms with Crippen LogP contribution in [0.25, 0.3) is 10.2 Å². The van der Waals surface area contributed by atoms with Crippen LogP contribution in [0.2, 0.25) is 0 Å². The lowest BCUT2D eigenvalue weighted by molar-refractivity contribution is 0.629. The fourth-order valence-electron chi connectivity index (χ4n) is 1.04. The number of aromatic nitrogens is 1. The largest absolute Gasteiger partial charge is 0.241 e. The van der Waals surface area contributed by atoms with E-state index in [2.05, 4.69) is 14.2 Å². The first-order valence-electron chi connectivity index (χ1n) is 3.54. The first-order chi connectivity index (χ1) is 5.79. The second kappa shape index (κ2) is 3.08. The zero-order valence-corrected chi connectivity index (χ0v) is 8.22. The highest BCUT2D eigenvalue weighted by Crippen LogP contribution is 2.23. The summed E-state index contributed by atoms with van der Waals surface area (Å²) in [5, 5.41) is 1.03. The first kappa shape index (κ1) is 8.09. The van der Waals surface area contributed by atoms with Crippen LogP contribution in [0.15, 0.2) is 18.2 Å². The van der Waals surface area contributed by atoms with Gasteiger partial charge >= 0.3 is 0 Å². The van der Waals surface area contributed by atoms with E-state index in [1.165, 1.54) is 12.1 Å². The zero-order valence-electron chi connectivity index (χ0n) is 6.25. The van der Waals surface area contributed by atoms with E-state index in [0.717, 1.165) is 21.4 Å². The van der Waals surface area contributed by atoms with Crippen LogP contribution in [-0.4, -0.2) is 4.98 Å². The second-order valence-corrected chi connectivity index (χ2v) is 3.95. The molecule has 0 fully saturated rings. The molecule has 0 aliphatic carbocycles. The molecule has 1 atom stereocenters. The predicted molar refractivity (Wildman–Crippen MR) is 53.0 cm³/mol. The molecule has 2 aromatic rings. The molecule has 0 bridgehead atoms. The van der Waals surface area contributed by atoms with Gasteiger partial charge in [-0.2, -0.15) is 0 Å². The molecule has 0 saturated heterocycles. The van der Waals surface area contributed by atoms with Crippen molar-refractivity contribution in [2.75, 3.05) is 0 Å². The summed E-state index contributed by atoms with van der Waals surface area (Å²) in [5.41, 5.74) is 0.762. The highest BCUT2D eigenvalue weighted by atomic mass is 32.1. The summed E-state index contributed by atoms with van der Waals surface area (Å²) in [6, 6.07) is 4.70. The predicted octanol–water partition coefficient (Wildman–Crippen LogP) is 2.81. The normalized spacial score (nSPS) is 10.8. The lowest BCUT2D eigenvalue weighted by Gasteiger charge is -1.85. The Morgan fingerprint density at radius 3 is 3.08 bits per heavy atom. The molecule has 0 aliphatic rings. The number of halogens is 1. The SMILES string of the molecule is Fc1ccc2sc(CP)nc2c1. The molecule has 4 heteroatoms. The highest BCUT2D eigenvalue weighted by Gasteiger charge is 2.02. The maximum atomic E-state index is 12.7. The highest BCUT2D eigenvalue weighted by molar-refractivity contribution is 7.22. The monoisotopic (exact) mass is 199 g/mol. The van der Waals surface area contributed by atoms with Gasteiger partial charge in [0.15, 0.2) is 0 Å². The van der Waals surface area contributed by atoms with Crippen LogP contribution in [0.3, 0.4) is 0 Å². The van der Waals surface area contributed by atoms with Gasteiger partial charge in [0, 0.05) is 12.2 Å². The van der Waals surface area contributed by atoms with Crippen molar-refractivity contribution in [3.63, 3.8) is 0 Å². The van der Waals surface area contributed by atoms with Crippen molar-refractivity contribution in [3.8, 4) is 0 Å². The molecular formula is C8H7FNPS. The van der Waals surface area contributed by atoms with Crippen LogP contribution in [-0.2, 0) is 6.16 Å². The van der Waals surface area contributed by atoms with Crippen molar-refractivity contribution in [2.24, 2.45) is 0 Å². The summed E-state index contributed by atoms with van der Waals surface area (Å²) in [5.74, 6) is -0.219. The van der Waals surface area contributed by atoms with Crippen molar-refractivity contribution < 1.29 is 4.39 Å². The molecule has 0 amide bonds. The molecule has 1 nitrogen and oxygen atoms in total. The second-order valence-electron chi connectivity index (χ2n) is 2.42. The molecule has 1 heterocycles. The quantitative estimate of drug-likeness (QED) is 0.643. The minimum Gasteiger partial charge on any atom is -0.241 e. The fraction of sp³-hybridized carbons (Fsp3) is 0.125. The van der Waals surface area contributed by atoms with E-state index >= 15 is 0 Å². The molecule has 0 N–H and O–H groups in total. The Balaban J connectivity index is 2.67. The third kappa shape index (κ3) is 1.35. The molecule has 2 rings (SSSR count). The van der Waals surface area contributed by atoms with Gasteiger partial charge < -0.3 is 0 Å². The lowest BCUT2D eigenvalue weighted by Crippen LogP contribution is -1.74. The van der Waals surface area contributed by atoms with Crippen molar-refractivity contribution in [1.82, 2.24) is 4.98 Å². The Morgan fingerprint density at radius 2 is 2.33 bits per heavy atom. The van der Waals surface area contributed by atoms with Crippen LogP contribution >= 0.6 is 20.6 Å². The minimum atomic E-state index is -0.219. The average molecular weight is 199 g/mol. The van der Waals surface area contributed by atoms with E-state index in [9.17, 15) is 4.39 Å². The molecule has 1 aromatic heterocycles. The number of fused-ring (bicyclic) bond motifs is 1. The standard InChI is InChI=1S/C8H7FNPS/c9-5-1-2-7-6(3-5)10-8(4-11)12-7/h1-3H,4,11H2. The van der Waals surface area contributed by atoms with Gasteiger partial charge in [-0.3, -0.25) is 0 Å². The van der Waals surface area contributed by atoms with Crippen LogP contribution in [0.4, 0.5) is 4.39 Å². The Kier molecular flexibility index (Phi) is 2.07. The first-order valence-corrected chi connectivity index (χ1v) is 5.18. The summed E-state index contributed by atoms with van der Waals surface area (Å²) in [6.07, 6.45) is 0.834. The third-order valence-electron chi connectivity index (χ3n) is 1.57. The van der Waals surface area contributed by atoms with Crippen LogP contribution in [0, 0.1) is 5.82 Å². The van der Waals surface area contributed by atoms with E-state index in [0.29, 0.717) is 0 Å².